The van der Waals surface area contributed by atoms with E-state index < -0.39 is 16.4 Å². The SMILES string of the molecule is O=[N+]([O-])c1cc(C(=S)Cl)ccc1F. The van der Waals surface area contributed by atoms with Gasteiger partial charge in [-0.25, -0.2) is 0 Å². The molecule has 13 heavy (non-hydrogen) atoms. The van der Waals surface area contributed by atoms with Crippen molar-refractivity contribution in [3.05, 3.63) is 39.7 Å². The van der Waals surface area contributed by atoms with Gasteiger partial charge in [0.1, 0.15) is 4.32 Å². The first kappa shape index (κ1) is 10.0. The monoisotopic (exact) mass is 219 g/mol. The highest BCUT2D eigenvalue weighted by Gasteiger charge is 2.14. The second kappa shape index (κ2) is 3.76. The van der Waals surface area contributed by atoms with E-state index >= 15 is 0 Å². The Bertz CT molecular complexity index is 383. The zero-order valence-electron chi connectivity index (χ0n) is 6.16. The topological polar surface area (TPSA) is 43.1 Å². The molecule has 0 radical (unpaired) electrons. The molecule has 0 fully saturated rings. The normalized spacial score (nSPS) is 9.69. The number of nitro groups is 1. The Morgan fingerprint density at radius 3 is 2.69 bits per heavy atom. The number of nitro benzene ring substituents is 1. The maximum absolute atomic E-state index is 12.8. The van der Waals surface area contributed by atoms with E-state index in [4.69, 9.17) is 11.6 Å². The molecule has 68 valence electrons. The molecule has 0 saturated carbocycles. The minimum Gasteiger partial charge on any atom is -0.258 e. The summed E-state index contributed by atoms with van der Waals surface area (Å²) in [7, 11) is 0. The lowest BCUT2D eigenvalue weighted by Crippen LogP contribution is -1.95. The maximum Gasteiger partial charge on any atom is 0.305 e. The molecule has 6 heteroatoms. The summed E-state index contributed by atoms with van der Waals surface area (Å²) >= 11 is 9.99. The van der Waals surface area contributed by atoms with Crippen LogP contribution in [0.25, 0.3) is 0 Å². The zero-order valence-corrected chi connectivity index (χ0v) is 7.73. The fraction of sp³-hybridized carbons (Fsp3) is 0. The van der Waals surface area contributed by atoms with Crippen LogP contribution < -0.4 is 0 Å². The number of halogens is 2. The molecule has 0 atom stereocenters. The van der Waals surface area contributed by atoms with Gasteiger partial charge in [-0.1, -0.05) is 23.8 Å². The highest BCUT2D eigenvalue weighted by Crippen LogP contribution is 2.19. The number of thiocarbonyl (C=S) groups is 1. The lowest BCUT2D eigenvalue weighted by Gasteiger charge is -1.96. The molecule has 0 N–H and O–H groups in total. The number of rotatable bonds is 2. The average molecular weight is 220 g/mol. The molecular weight excluding hydrogens is 217 g/mol. The van der Waals surface area contributed by atoms with Crippen LogP contribution in [0, 0.1) is 15.9 Å². The summed E-state index contributed by atoms with van der Waals surface area (Å²) in [6.07, 6.45) is 0. The van der Waals surface area contributed by atoms with Crippen LogP contribution in [0.1, 0.15) is 5.56 Å². The summed E-state index contributed by atoms with van der Waals surface area (Å²) in [6, 6.07) is 3.25. The molecule has 0 bridgehead atoms. The lowest BCUT2D eigenvalue weighted by molar-refractivity contribution is -0.387. The lowest BCUT2D eigenvalue weighted by atomic mass is 10.2. The summed E-state index contributed by atoms with van der Waals surface area (Å²) in [5, 5.41) is 10.3. The fourth-order valence-corrected chi connectivity index (χ4v) is 1.02. The molecule has 0 spiro atoms. The van der Waals surface area contributed by atoms with Gasteiger partial charge >= 0.3 is 5.69 Å². The van der Waals surface area contributed by atoms with Crippen molar-refractivity contribution < 1.29 is 9.31 Å². The molecule has 0 unspecified atom stereocenters. The molecule has 1 rings (SSSR count). The zero-order chi connectivity index (χ0) is 10.0. The van der Waals surface area contributed by atoms with E-state index in [1.807, 2.05) is 0 Å². The molecule has 0 saturated heterocycles. The molecule has 0 aromatic heterocycles. The third kappa shape index (κ3) is 2.19. The molecule has 0 heterocycles. The van der Waals surface area contributed by atoms with Crippen molar-refractivity contribution in [1.82, 2.24) is 0 Å². The Labute approximate surface area is 83.3 Å². The minimum atomic E-state index is -0.901. The van der Waals surface area contributed by atoms with Crippen molar-refractivity contribution in [2.75, 3.05) is 0 Å². The van der Waals surface area contributed by atoms with Crippen molar-refractivity contribution in [2.24, 2.45) is 0 Å². The number of nitrogens with zero attached hydrogens (tertiary/aromatic N) is 1. The molecule has 0 amide bonds. The van der Waals surface area contributed by atoms with Crippen molar-refractivity contribution in [2.45, 2.75) is 0 Å². The van der Waals surface area contributed by atoms with E-state index in [0.717, 1.165) is 12.1 Å². The first-order valence-electron chi connectivity index (χ1n) is 3.16. The van der Waals surface area contributed by atoms with Crippen LogP contribution in [0.15, 0.2) is 18.2 Å². The summed E-state index contributed by atoms with van der Waals surface area (Å²) < 4.78 is 12.7. The summed E-state index contributed by atoms with van der Waals surface area (Å²) in [6.45, 7) is 0. The van der Waals surface area contributed by atoms with Gasteiger partial charge in [0, 0.05) is 11.6 Å². The average Bonchev–Trinajstić information content (AvgIpc) is 2.04. The van der Waals surface area contributed by atoms with Gasteiger partial charge in [0.05, 0.1) is 4.92 Å². The van der Waals surface area contributed by atoms with E-state index in [9.17, 15) is 14.5 Å². The smallest absolute Gasteiger partial charge is 0.258 e. The van der Waals surface area contributed by atoms with Gasteiger partial charge in [-0.2, -0.15) is 4.39 Å². The van der Waals surface area contributed by atoms with Crippen LogP contribution >= 0.6 is 23.8 Å². The number of hydrogen-bond donors (Lipinski definition) is 0. The van der Waals surface area contributed by atoms with E-state index in [1.165, 1.54) is 6.07 Å². The molecular formula is C7H3ClFNO2S. The quantitative estimate of drug-likeness (QED) is 0.332. The standard InChI is InChI=1S/C7H3ClFNO2S/c8-7(13)4-1-2-5(9)6(3-4)10(11)12/h1-3H. The van der Waals surface area contributed by atoms with Gasteiger partial charge in [0.2, 0.25) is 5.82 Å². The van der Waals surface area contributed by atoms with Crippen LogP contribution in [0.3, 0.4) is 0 Å². The Morgan fingerprint density at radius 2 is 2.23 bits per heavy atom. The van der Waals surface area contributed by atoms with Gasteiger partial charge in [-0.3, -0.25) is 10.1 Å². The van der Waals surface area contributed by atoms with Crippen LogP contribution in [-0.2, 0) is 0 Å². The summed E-state index contributed by atoms with van der Waals surface area (Å²) in [5.74, 6) is -0.901. The second-order valence-corrected chi connectivity index (χ2v) is 3.21. The number of benzene rings is 1. The van der Waals surface area contributed by atoms with Gasteiger partial charge in [-0.15, -0.1) is 0 Å². The van der Waals surface area contributed by atoms with Gasteiger partial charge in [0.15, 0.2) is 0 Å². The van der Waals surface area contributed by atoms with E-state index in [0.29, 0.717) is 0 Å². The van der Waals surface area contributed by atoms with Gasteiger partial charge in [-0.05, 0) is 12.1 Å². The molecule has 3 nitrogen and oxygen atoms in total. The first-order valence-corrected chi connectivity index (χ1v) is 3.95. The van der Waals surface area contributed by atoms with Gasteiger partial charge in [0.25, 0.3) is 0 Å². The number of hydrogen-bond acceptors (Lipinski definition) is 3. The van der Waals surface area contributed by atoms with E-state index in [-0.39, 0.29) is 9.89 Å². The van der Waals surface area contributed by atoms with Gasteiger partial charge < -0.3 is 0 Å². The van der Waals surface area contributed by atoms with Crippen molar-refractivity contribution in [3.63, 3.8) is 0 Å². The third-order valence-corrected chi connectivity index (χ3v) is 1.82. The highest BCUT2D eigenvalue weighted by atomic mass is 35.5. The molecule has 0 aliphatic carbocycles. The van der Waals surface area contributed by atoms with Crippen molar-refractivity contribution in [1.29, 1.82) is 0 Å². The summed E-state index contributed by atoms with van der Waals surface area (Å²) in [4.78, 5) is 9.45. The largest absolute Gasteiger partial charge is 0.305 e. The summed E-state index contributed by atoms with van der Waals surface area (Å²) in [5.41, 5.74) is -0.356. The van der Waals surface area contributed by atoms with Crippen molar-refractivity contribution in [3.8, 4) is 0 Å². The third-order valence-electron chi connectivity index (χ3n) is 1.37. The Balaban J connectivity index is 3.27. The minimum absolute atomic E-state index is 0.0249. The predicted molar refractivity (Wildman–Crippen MR) is 50.6 cm³/mol. The predicted octanol–water partition coefficient (Wildman–Crippen LogP) is 2.65. The van der Waals surface area contributed by atoms with Crippen LogP contribution in [0.4, 0.5) is 10.1 Å². The van der Waals surface area contributed by atoms with Crippen LogP contribution in [0.2, 0.25) is 0 Å². The van der Waals surface area contributed by atoms with Crippen LogP contribution in [0.5, 0.6) is 0 Å². The molecule has 1 aromatic carbocycles. The van der Waals surface area contributed by atoms with Crippen LogP contribution in [-0.4, -0.2) is 9.25 Å². The molecule has 0 aliphatic heterocycles. The fourth-order valence-electron chi connectivity index (χ4n) is 0.775. The van der Waals surface area contributed by atoms with E-state index in [1.54, 1.807) is 0 Å². The first-order chi connectivity index (χ1) is 6.02. The molecule has 1 aromatic rings. The maximum atomic E-state index is 12.8. The Morgan fingerprint density at radius 1 is 1.62 bits per heavy atom. The Hall–Kier alpha value is -1.07. The highest BCUT2D eigenvalue weighted by molar-refractivity contribution is 7.83. The second-order valence-electron chi connectivity index (χ2n) is 2.20. The van der Waals surface area contributed by atoms with Crippen molar-refractivity contribution >= 4 is 33.8 Å². The van der Waals surface area contributed by atoms with E-state index in [2.05, 4.69) is 12.2 Å². The Kier molecular flexibility index (Phi) is 2.90. The molecule has 0 aliphatic rings.